The molecule has 57 heavy (non-hydrogen) atoms. The Morgan fingerprint density at radius 3 is 1.56 bits per heavy atom. The molecule has 4 heterocycles. The number of aromatic nitrogens is 5. The molecule has 0 aliphatic heterocycles. The molecule has 0 spiro atoms. The van der Waals surface area contributed by atoms with Crippen LogP contribution in [0.3, 0.4) is 0 Å². The van der Waals surface area contributed by atoms with Gasteiger partial charge in [0.25, 0.3) is 0 Å². The minimum Gasteiger partial charge on any atom is -0.456 e. The second kappa shape index (κ2) is 12.3. The quantitative estimate of drug-likeness (QED) is 0.177. The Labute approximate surface area is 326 Å². The number of hydrogen-bond donors (Lipinski definition) is 0. The maximum absolute atomic E-state index is 6.79. The van der Waals surface area contributed by atoms with Crippen LogP contribution in [0.1, 0.15) is 0 Å². The third kappa shape index (κ3) is 4.74. The molecule has 0 aliphatic rings. The van der Waals surface area contributed by atoms with Crippen LogP contribution in [-0.2, 0) is 0 Å². The molecule has 8 aromatic carbocycles. The summed E-state index contributed by atoms with van der Waals surface area (Å²) >= 11 is 0. The molecular weight excluding hydrogens is 699 g/mol. The summed E-state index contributed by atoms with van der Waals surface area (Å²) in [4.78, 5) is 15.4. The molecule has 266 valence electrons. The van der Waals surface area contributed by atoms with Gasteiger partial charge in [-0.15, -0.1) is 0 Å². The summed E-state index contributed by atoms with van der Waals surface area (Å²) in [7, 11) is 0. The van der Waals surface area contributed by atoms with Gasteiger partial charge in [0.05, 0.1) is 38.5 Å². The Hall–Kier alpha value is -7.83. The normalized spacial score (nSPS) is 11.9. The molecule has 4 aromatic heterocycles. The van der Waals surface area contributed by atoms with Crippen molar-refractivity contribution in [3.05, 3.63) is 188 Å². The molecule has 0 saturated heterocycles. The molecule has 0 amide bonds. The highest BCUT2D eigenvalue weighted by Gasteiger charge is 2.25. The lowest BCUT2D eigenvalue weighted by Gasteiger charge is -2.11. The van der Waals surface area contributed by atoms with E-state index >= 15 is 0 Å². The van der Waals surface area contributed by atoms with Gasteiger partial charge in [-0.1, -0.05) is 133 Å². The minimum atomic E-state index is 0.614. The van der Waals surface area contributed by atoms with Crippen LogP contribution in [0, 0.1) is 0 Å². The molecule has 0 saturated carbocycles. The van der Waals surface area contributed by atoms with E-state index in [2.05, 4.69) is 137 Å². The predicted octanol–water partition coefficient (Wildman–Crippen LogP) is 13.0. The smallest absolute Gasteiger partial charge is 0.164 e. The Balaban J connectivity index is 1.23. The molecule has 6 nitrogen and oxygen atoms in total. The second-order valence-corrected chi connectivity index (χ2v) is 14.4. The lowest BCUT2D eigenvalue weighted by Crippen LogP contribution is -2.00. The Kier molecular flexibility index (Phi) is 6.83. The molecular formula is C51H31N5O. The highest BCUT2D eigenvalue weighted by Crippen LogP contribution is 2.46. The standard InChI is InChI=1S/C51H31N5O/c1-4-16-32(17-5-1)49-52-50(33-18-6-2-7-19-33)54-51(53-49)38-24-14-27-41-45(38)37-30-31-44-47(48(37)55(41)34-20-8-3-9-21-34)46-42(28-15-29-43(46)57-44)56-39-25-12-10-22-35(39)36-23-11-13-26-40(36)56/h1-31H. The average molecular weight is 730 g/mol. The number of rotatable bonds is 5. The van der Waals surface area contributed by atoms with Gasteiger partial charge in [0, 0.05) is 43.9 Å². The molecule has 12 aromatic rings. The van der Waals surface area contributed by atoms with Gasteiger partial charge >= 0.3 is 0 Å². The Morgan fingerprint density at radius 1 is 0.351 bits per heavy atom. The topological polar surface area (TPSA) is 61.7 Å². The molecule has 6 heteroatoms. The summed E-state index contributed by atoms with van der Waals surface area (Å²) in [6, 6.07) is 65.3. The molecule has 12 rings (SSSR count). The van der Waals surface area contributed by atoms with Crippen LogP contribution in [0.2, 0.25) is 0 Å². The Bertz CT molecular complexity index is 3400. The minimum absolute atomic E-state index is 0.614. The first kappa shape index (κ1) is 31.5. The Morgan fingerprint density at radius 2 is 0.895 bits per heavy atom. The van der Waals surface area contributed by atoms with Crippen LogP contribution in [0.25, 0.3) is 111 Å². The fourth-order valence-electron chi connectivity index (χ4n) is 8.77. The fourth-order valence-corrected chi connectivity index (χ4v) is 8.77. The first-order chi connectivity index (χ1) is 28.3. The lowest BCUT2D eigenvalue weighted by atomic mass is 10.0. The summed E-state index contributed by atoms with van der Waals surface area (Å²) in [5.41, 5.74) is 11.0. The van der Waals surface area contributed by atoms with Crippen molar-refractivity contribution in [1.29, 1.82) is 0 Å². The number of fused-ring (bicyclic) bond motifs is 10. The molecule has 0 N–H and O–H groups in total. The van der Waals surface area contributed by atoms with Crippen molar-refractivity contribution in [1.82, 2.24) is 24.1 Å². The molecule has 0 radical (unpaired) electrons. The number of para-hydroxylation sites is 3. The van der Waals surface area contributed by atoms with Gasteiger partial charge in [-0.2, -0.15) is 0 Å². The van der Waals surface area contributed by atoms with Crippen LogP contribution < -0.4 is 0 Å². The van der Waals surface area contributed by atoms with Crippen LogP contribution in [-0.4, -0.2) is 24.1 Å². The first-order valence-electron chi connectivity index (χ1n) is 19.1. The predicted molar refractivity (Wildman–Crippen MR) is 232 cm³/mol. The van der Waals surface area contributed by atoms with Crippen LogP contribution >= 0.6 is 0 Å². The highest BCUT2D eigenvalue weighted by atomic mass is 16.3. The molecule has 0 fully saturated rings. The van der Waals surface area contributed by atoms with E-state index in [9.17, 15) is 0 Å². The van der Waals surface area contributed by atoms with Gasteiger partial charge in [0.15, 0.2) is 17.5 Å². The van der Waals surface area contributed by atoms with E-state index in [1.807, 2.05) is 60.7 Å². The average Bonchev–Trinajstić information content (AvgIpc) is 3.95. The van der Waals surface area contributed by atoms with Gasteiger partial charge < -0.3 is 13.6 Å². The maximum atomic E-state index is 6.79. The summed E-state index contributed by atoms with van der Waals surface area (Å²) in [5, 5.41) is 6.69. The van der Waals surface area contributed by atoms with Crippen molar-refractivity contribution < 1.29 is 4.42 Å². The van der Waals surface area contributed by atoms with E-state index in [4.69, 9.17) is 19.4 Å². The summed E-state index contributed by atoms with van der Waals surface area (Å²) in [5.74, 6) is 1.87. The van der Waals surface area contributed by atoms with E-state index < -0.39 is 0 Å². The molecule has 0 bridgehead atoms. The van der Waals surface area contributed by atoms with Crippen LogP contribution in [0.15, 0.2) is 192 Å². The zero-order valence-corrected chi connectivity index (χ0v) is 30.5. The van der Waals surface area contributed by atoms with E-state index in [-0.39, 0.29) is 0 Å². The second-order valence-electron chi connectivity index (χ2n) is 14.4. The van der Waals surface area contributed by atoms with Crippen molar-refractivity contribution in [3.8, 4) is 45.5 Å². The highest BCUT2D eigenvalue weighted by molar-refractivity contribution is 6.28. The van der Waals surface area contributed by atoms with E-state index in [1.165, 1.54) is 10.8 Å². The van der Waals surface area contributed by atoms with E-state index in [0.717, 1.165) is 82.8 Å². The number of benzene rings is 8. The van der Waals surface area contributed by atoms with Crippen molar-refractivity contribution in [2.75, 3.05) is 0 Å². The van der Waals surface area contributed by atoms with Crippen molar-refractivity contribution >= 4 is 65.6 Å². The van der Waals surface area contributed by atoms with Gasteiger partial charge in [0.2, 0.25) is 0 Å². The maximum Gasteiger partial charge on any atom is 0.164 e. The van der Waals surface area contributed by atoms with E-state index in [0.29, 0.717) is 17.5 Å². The van der Waals surface area contributed by atoms with Gasteiger partial charge in [-0.3, -0.25) is 0 Å². The molecule has 0 atom stereocenters. The zero-order chi connectivity index (χ0) is 37.5. The molecule has 0 unspecified atom stereocenters. The number of furan rings is 1. The van der Waals surface area contributed by atoms with Crippen molar-refractivity contribution in [3.63, 3.8) is 0 Å². The van der Waals surface area contributed by atoms with Crippen LogP contribution in [0.5, 0.6) is 0 Å². The lowest BCUT2D eigenvalue weighted by molar-refractivity contribution is 0.669. The van der Waals surface area contributed by atoms with Gasteiger partial charge in [-0.05, 0) is 54.6 Å². The SMILES string of the molecule is c1ccc(-c2nc(-c3ccccc3)nc(-c3cccc4c3c3ccc5oc6cccc(-n7c8ccccc8c8ccccc87)c6c5c3n4-c3ccccc3)n2)cc1. The summed E-state index contributed by atoms with van der Waals surface area (Å²) in [6.45, 7) is 0. The fraction of sp³-hybridized carbons (Fsp3) is 0. The number of nitrogens with zero attached hydrogens (tertiary/aromatic N) is 5. The molecule has 0 aliphatic carbocycles. The summed E-state index contributed by atoms with van der Waals surface area (Å²) < 4.78 is 11.6. The largest absolute Gasteiger partial charge is 0.456 e. The third-order valence-electron chi connectivity index (χ3n) is 11.2. The zero-order valence-electron chi connectivity index (χ0n) is 30.5. The number of hydrogen-bond acceptors (Lipinski definition) is 4. The van der Waals surface area contributed by atoms with Gasteiger partial charge in [-0.25, -0.2) is 15.0 Å². The van der Waals surface area contributed by atoms with Crippen LogP contribution in [0.4, 0.5) is 0 Å². The monoisotopic (exact) mass is 729 g/mol. The summed E-state index contributed by atoms with van der Waals surface area (Å²) in [6.07, 6.45) is 0. The third-order valence-corrected chi connectivity index (χ3v) is 11.2. The first-order valence-corrected chi connectivity index (χ1v) is 19.1. The van der Waals surface area contributed by atoms with Gasteiger partial charge in [0.1, 0.15) is 11.2 Å². The van der Waals surface area contributed by atoms with E-state index in [1.54, 1.807) is 0 Å². The van der Waals surface area contributed by atoms with Crippen molar-refractivity contribution in [2.45, 2.75) is 0 Å². The van der Waals surface area contributed by atoms with Crippen molar-refractivity contribution in [2.24, 2.45) is 0 Å².